The summed E-state index contributed by atoms with van der Waals surface area (Å²) in [5, 5.41) is 12.5. The van der Waals surface area contributed by atoms with Gasteiger partial charge in [-0.05, 0) is 32.8 Å². The zero-order valence-electron chi connectivity index (χ0n) is 14.5. The minimum absolute atomic E-state index is 0.0866. The highest BCUT2D eigenvalue weighted by atomic mass is 16.6. The van der Waals surface area contributed by atoms with E-state index in [1.54, 1.807) is 25.7 Å². The lowest BCUT2D eigenvalue weighted by Crippen LogP contribution is -2.37. The minimum Gasteiger partial charge on any atom is -0.444 e. The number of likely N-dealkylation sites (tertiary alicyclic amines) is 1. The van der Waals surface area contributed by atoms with Gasteiger partial charge in [0.05, 0.1) is 12.1 Å². The number of ether oxygens (including phenoxy) is 1. The maximum Gasteiger partial charge on any atom is 0.407 e. The number of hydrogen-bond acceptors (Lipinski definition) is 4. The first-order valence-corrected chi connectivity index (χ1v) is 8.25. The lowest BCUT2D eigenvalue weighted by Gasteiger charge is -2.25. The Kier molecular flexibility index (Phi) is 5.83. The fourth-order valence-electron chi connectivity index (χ4n) is 2.81. The Morgan fingerprint density at radius 1 is 1.29 bits per heavy atom. The summed E-state index contributed by atoms with van der Waals surface area (Å²) in [6.07, 6.45) is -0.334. The molecule has 132 valence electrons. The van der Waals surface area contributed by atoms with Crippen LogP contribution in [0.2, 0.25) is 0 Å². The molecule has 0 radical (unpaired) electrons. The Hall–Kier alpha value is -2.08. The maximum absolute atomic E-state index is 12.5. The molecule has 1 aromatic rings. The highest BCUT2D eigenvalue weighted by molar-refractivity contribution is 5.78. The van der Waals surface area contributed by atoms with Crippen LogP contribution in [0.3, 0.4) is 0 Å². The van der Waals surface area contributed by atoms with Crippen molar-refractivity contribution in [2.24, 2.45) is 0 Å². The number of carbonyl (C=O) groups excluding carboxylic acids is 2. The second-order valence-corrected chi connectivity index (χ2v) is 7.04. The molecule has 1 saturated heterocycles. The Morgan fingerprint density at radius 2 is 1.96 bits per heavy atom. The summed E-state index contributed by atoms with van der Waals surface area (Å²) in [6.45, 7) is 5.89. The third-order valence-electron chi connectivity index (χ3n) is 3.79. The number of rotatable bonds is 4. The quantitative estimate of drug-likeness (QED) is 0.885. The van der Waals surface area contributed by atoms with Crippen LogP contribution in [0, 0.1) is 0 Å². The Balaban J connectivity index is 1.88. The summed E-state index contributed by atoms with van der Waals surface area (Å²) in [5.74, 6) is -0.0866. The number of aliphatic hydroxyl groups excluding tert-OH is 1. The molecule has 1 aromatic carbocycles. The van der Waals surface area contributed by atoms with E-state index < -0.39 is 17.8 Å². The van der Waals surface area contributed by atoms with Crippen LogP contribution in [-0.4, -0.2) is 46.8 Å². The highest BCUT2D eigenvalue weighted by Crippen LogP contribution is 2.32. The average Bonchev–Trinajstić information content (AvgIpc) is 2.88. The van der Waals surface area contributed by atoms with Gasteiger partial charge in [0.1, 0.15) is 5.60 Å². The number of benzene rings is 1. The summed E-state index contributed by atoms with van der Waals surface area (Å²) in [5.41, 5.74) is 0.452. The van der Waals surface area contributed by atoms with Crippen molar-refractivity contribution >= 4 is 12.0 Å². The molecule has 0 bridgehead atoms. The fraction of sp³-hybridized carbons (Fsp3) is 0.556. The summed E-state index contributed by atoms with van der Waals surface area (Å²) in [4.78, 5) is 25.8. The van der Waals surface area contributed by atoms with E-state index >= 15 is 0 Å². The van der Waals surface area contributed by atoms with E-state index in [9.17, 15) is 14.7 Å². The summed E-state index contributed by atoms with van der Waals surface area (Å²) in [7, 11) is 0. The highest BCUT2D eigenvalue weighted by Gasteiger charge is 2.34. The number of nitrogens with zero attached hydrogens (tertiary/aromatic N) is 1. The molecule has 1 heterocycles. The molecular formula is C18H26N2O4. The molecule has 2 amide bonds. The van der Waals surface area contributed by atoms with Crippen LogP contribution in [0.1, 0.15) is 45.2 Å². The molecule has 1 aliphatic heterocycles. The smallest absolute Gasteiger partial charge is 0.407 e. The van der Waals surface area contributed by atoms with Crippen LogP contribution in [0.15, 0.2) is 30.3 Å². The Bertz CT molecular complexity index is 568. The third-order valence-corrected chi connectivity index (χ3v) is 3.79. The third kappa shape index (κ3) is 5.23. The van der Waals surface area contributed by atoms with Crippen LogP contribution >= 0.6 is 0 Å². The Morgan fingerprint density at radius 3 is 2.58 bits per heavy atom. The largest absolute Gasteiger partial charge is 0.444 e. The van der Waals surface area contributed by atoms with Crippen molar-refractivity contribution in [3.05, 3.63) is 35.9 Å². The van der Waals surface area contributed by atoms with Crippen molar-refractivity contribution in [2.45, 2.75) is 51.4 Å². The zero-order chi connectivity index (χ0) is 17.7. The van der Waals surface area contributed by atoms with Gasteiger partial charge in [-0.2, -0.15) is 0 Å². The van der Waals surface area contributed by atoms with Gasteiger partial charge in [-0.25, -0.2) is 4.79 Å². The molecule has 6 nitrogen and oxygen atoms in total. The molecule has 6 heteroatoms. The molecule has 2 rings (SSSR count). The second-order valence-electron chi connectivity index (χ2n) is 7.04. The van der Waals surface area contributed by atoms with Crippen LogP contribution in [-0.2, 0) is 9.53 Å². The number of carbonyl (C=O) groups is 2. The van der Waals surface area contributed by atoms with Gasteiger partial charge in [0.15, 0.2) is 0 Å². The van der Waals surface area contributed by atoms with Gasteiger partial charge in [-0.3, -0.25) is 4.79 Å². The van der Waals surface area contributed by atoms with Crippen molar-refractivity contribution in [3.63, 3.8) is 0 Å². The van der Waals surface area contributed by atoms with Gasteiger partial charge in [-0.15, -0.1) is 0 Å². The van der Waals surface area contributed by atoms with Crippen molar-refractivity contribution in [2.75, 3.05) is 13.1 Å². The lowest BCUT2D eigenvalue weighted by atomic mass is 10.0. The van der Waals surface area contributed by atoms with Crippen LogP contribution in [0.5, 0.6) is 0 Å². The summed E-state index contributed by atoms with van der Waals surface area (Å²) < 4.78 is 5.14. The van der Waals surface area contributed by atoms with E-state index in [1.165, 1.54) is 0 Å². The van der Waals surface area contributed by atoms with Crippen molar-refractivity contribution in [1.82, 2.24) is 10.2 Å². The summed E-state index contributed by atoms with van der Waals surface area (Å²) >= 11 is 0. The maximum atomic E-state index is 12.5. The first-order valence-electron chi connectivity index (χ1n) is 8.25. The number of nitrogens with one attached hydrogen (secondary N) is 1. The molecule has 24 heavy (non-hydrogen) atoms. The molecule has 2 N–H and O–H groups in total. The number of aliphatic hydroxyl groups is 1. The summed E-state index contributed by atoms with van der Waals surface area (Å²) in [6, 6.07) is 9.57. The van der Waals surface area contributed by atoms with E-state index in [0.717, 1.165) is 5.56 Å². The monoisotopic (exact) mass is 334 g/mol. The number of β-amino-alcohol motifs (C(OH)–C–C–N with tert-alkyl or cyclic N) is 1. The van der Waals surface area contributed by atoms with Gasteiger partial charge >= 0.3 is 6.09 Å². The van der Waals surface area contributed by atoms with Gasteiger partial charge in [0.2, 0.25) is 5.91 Å². The van der Waals surface area contributed by atoms with Gasteiger partial charge in [0.25, 0.3) is 0 Å². The number of amides is 2. The van der Waals surface area contributed by atoms with Gasteiger partial charge in [0, 0.05) is 19.5 Å². The molecule has 0 spiro atoms. The van der Waals surface area contributed by atoms with Crippen LogP contribution < -0.4 is 5.32 Å². The minimum atomic E-state index is -0.564. The van der Waals surface area contributed by atoms with E-state index in [4.69, 9.17) is 4.74 Å². The first-order chi connectivity index (χ1) is 11.3. The Labute approximate surface area is 142 Å². The van der Waals surface area contributed by atoms with Crippen molar-refractivity contribution in [1.29, 1.82) is 0 Å². The lowest BCUT2D eigenvalue weighted by molar-refractivity contribution is -0.132. The molecule has 0 aliphatic carbocycles. The SMILES string of the molecule is CC(C)(C)OC(=O)NCCC(=O)N1C[C@@H](O)C[C@H]1c1ccccc1. The van der Waals surface area contributed by atoms with Crippen LogP contribution in [0.25, 0.3) is 0 Å². The molecule has 1 fully saturated rings. The normalized spacial score (nSPS) is 20.8. The van der Waals surface area contributed by atoms with Crippen molar-refractivity contribution in [3.8, 4) is 0 Å². The molecular weight excluding hydrogens is 308 g/mol. The number of alkyl carbamates (subject to hydrolysis) is 1. The van der Waals surface area contributed by atoms with E-state index in [0.29, 0.717) is 13.0 Å². The van der Waals surface area contributed by atoms with E-state index in [2.05, 4.69) is 5.32 Å². The fourth-order valence-corrected chi connectivity index (χ4v) is 2.81. The average molecular weight is 334 g/mol. The predicted octanol–water partition coefficient (Wildman–Crippen LogP) is 2.24. The van der Waals surface area contributed by atoms with Gasteiger partial charge < -0.3 is 20.1 Å². The van der Waals surface area contributed by atoms with Crippen molar-refractivity contribution < 1.29 is 19.4 Å². The second kappa shape index (κ2) is 7.66. The molecule has 0 saturated carbocycles. The number of hydrogen-bond donors (Lipinski definition) is 2. The van der Waals surface area contributed by atoms with E-state index in [1.807, 2.05) is 30.3 Å². The molecule has 1 aliphatic rings. The van der Waals surface area contributed by atoms with Gasteiger partial charge in [-0.1, -0.05) is 30.3 Å². The molecule has 2 atom stereocenters. The molecule has 0 aromatic heterocycles. The standard InChI is InChI=1S/C18H26N2O4/c1-18(2,3)24-17(23)19-10-9-16(22)20-12-14(21)11-15(20)13-7-5-4-6-8-13/h4-8,14-15,21H,9-12H2,1-3H3,(H,19,23)/t14-,15-/m0/s1. The van der Waals surface area contributed by atoms with E-state index in [-0.39, 0.29) is 24.9 Å². The first kappa shape index (κ1) is 18.3. The topological polar surface area (TPSA) is 78.9 Å². The predicted molar refractivity (Wildman–Crippen MR) is 90.4 cm³/mol. The van der Waals surface area contributed by atoms with Crippen LogP contribution in [0.4, 0.5) is 4.79 Å². The molecule has 0 unspecified atom stereocenters. The zero-order valence-corrected chi connectivity index (χ0v) is 14.5.